The SMILES string of the molecule is CCCCCn1cnc2c(nnc3c(-c4ccc(F)cc4)c(CC)nn32)c1=O. The second-order valence-electron chi connectivity index (χ2n) is 6.74. The van der Waals surface area contributed by atoms with E-state index in [1.165, 1.54) is 12.1 Å². The first-order valence-electron chi connectivity index (χ1n) is 9.53. The monoisotopic (exact) mass is 380 g/mol. The maximum absolute atomic E-state index is 13.3. The van der Waals surface area contributed by atoms with Crippen LogP contribution < -0.4 is 5.56 Å². The molecule has 4 rings (SSSR count). The summed E-state index contributed by atoms with van der Waals surface area (Å²) in [5.74, 6) is -0.305. The fraction of sp³-hybridized carbons (Fsp3) is 0.350. The lowest BCUT2D eigenvalue weighted by Gasteiger charge is -2.06. The van der Waals surface area contributed by atoms with Crippen LogP contribution in [0.3, 0.4) is 0 Å². The summed E-state index contributed by atoms with van der Waals surface area (Å²) in [5.41, 5.74) is 3.24. The molecule has 8 heteroatoms. The highest BCUT2D eigenvalue weighted by Crippen LogP contribution is 2.28. The van der Waals surface area contributed by atoms with E-state index in [4.69, 9.17) is 0 Å². The topological polar surface area (TPSA) is 78.0 Å². The number of rotatable bonds is 6. The van der Waals surface area contributed by atoms with Crippen molar-refractivity contribution in [1.29, 1.82) is 0 Å². The lowest BCUT2D eigenvalue weighted by molar-refractivity contribution is 0.582. The summed E-state index contributed by atoms with van der Waals surface area (Å²) in [6, 6.07) is 6.19. The molecule has 7 nitrogen and oxygen atoms in total. The molecule has 28 heavy (non-hydrogen) atoms. The van der Waals surface area contributed by atoms with Crippen LogP contribution in [0.4, 0.5) is 4.39 Å². The number of aromatic nitrogens is 6. The number of aryl methyl sites for hydroxylation is 2. The minimum Gasteiger partial charge on any atom is -0.297 e. The van der Waals surface area contributed by atoms with Gasteiger partial charge in [-0.3, -0.25) is 9.36 Å². The van der Waals surface area contributed by atoms with E-state index in [2.05, 4.69) is 27.2 Å². The predicted octanol–water partition coefficient (Wildman–Crippen LogP) is 3.39. The van der Waals surface area contributed by atoms with Crippen molar-refractivity contribution >= 4 is 16.8 Å². The van der Waals surface area contributed by atoms with Crippen LogP contribution in [0.25, 0.3) is 27.9 Å². The highest BCUT2D eigenvalue weighted by molar-refractivity contribution is 5.83. The third-order valence-electron chi connectivity index (χ3n) is 4.84. The van der Waals surface area contributed by atoms with E-state index in [1.807, 2.05) is 6.92 Å². The molecule has 144 valence electrons. The van der Waals surface area contributed by atoms with Gasteiger partial charge in [-0.25, -0.2) is 9.37 Å². The number of fused-ring (bicyclic) bond motifs is 3. The average Bonchev–Trinajstić information content (AvgIpc) is 3.09. The first-order valence-corrected chi connectivity index (χ1v) is 9.53. The highest BCUT2D eigenvalue weighted by atomic mass is 19.1. The van der Waals surface area contributed by atoms with E-state index in [0.717, 1.165) is 36.1 Å². The molecule has 0 aliphatic carbocycles. The van der Waals surface area contributed by atoms with E-state index in [9.17, 15) is 9.18 Å². The van der Waals surface area contributed by atoms with Crippen LogP contribution >= 0.6 is 0 Å². The molecule has 0 radical (unpaired) electrons. The minimum atomic E-state index is -0.305. The standard InChI is InChI=1S/C20H21FN6O/c1-3-5-6-11-26-12-22-19-17(20(26)28)23-24-18-16(15(4-2)25-27(18)19)13-7-9-14(21)10-8-13/h7-10,12H,3-6,11H2,1-2H3. The molecular formula is C20H21FN6O. The Kier molecular flexibility index (Phi) is 4.85. The molecule has 0 N–H and O–H groups in total. The van der Waals surface area contributed by atoms with Gasteiger partial charge in [0.15, 0.2) is 16.8 Å². The molecule has 0 bridgehead atoms. The third kappa shape index (κ3) is 3.04. The van der Waals surface area contributed by atoms with Crippen LogP contribution in [0.5, 0.6) is 0 Å². The van der Waals surface area contributed by atoms with Crippen LogP contribution in [0.15, 0.2) is 35.4 Å². The number of benzene rings is 1. The largest absolute Gasteiger partial charge is 0.297 e. The average molecular weight is 380 g/mol. The summed E-state index contributed by atoms with van der Waals surface area (Å²) in [7, 11) is 0. The van der Waals surface area contributed by atoms with E-state index in [0.29, 0.717) is 24.3 Å². The summed E-state index contributed by atoms with van der Waals surface area (Å²) < 4.78 is 16.5. The molecule has 1 aromatic carbocycles. The second kappa shape index (κ2) is 7.46. The van der Waals surface area contributed by atoms with Crippen molar-refractivity contribution in [3.63, 3.8) is 0 Å². The highest BCUT2D eigenvalue weighted by Gasteiger charge is 2.19. The van der Waals surface area contributed by atoms with Gasteiger partial charge in [0.2, 0.25) is 0 Å². The van der Waals surface area contributed by atoms with Crippen molar-refractivity contribution < 1.29 is 4.39 Å². The normalized spacial score (nSPS) is 11.5. The van der Waals surface area contributed by atoms with Crippen molar-refractivity contribution in [1.82, 2.24) is 29.4 Å². The van der Waals surface area contributed by atoms with Gasteiger partial charge in [-0.05, 0) is 30.5 Å². The van der Waals surface area contributed by atoms with Crippen molar-refractivity contribution in [3.8, 4) is 11.1 Å². The van der Waals surface area contributed by atoms with Crippen LogP contribution in [0.1, 0.15) is 38.8 Å². The van der Waals surface area contributed by atoms with Gasteiger partial charge in [-0.1, -0.05) is 38.8 Å². The summed E-state index contributed by atoms with van der Waals surface area (Å²) in [4.78, 5) is 17.2. The molecule has 0 unspecified atom stereocenters. The van der Waals surface area contributed by atoms with E-state index >= 15 is 0 Å². The quantitative estimate of drug-likeness (QED) is 0.479. The summed E-state index contributed by atoms with van der Waals surface area (Å²) >= 11 is 0. The zero-order valence-corrected chi connectivity index (χ0v) is 15.9. The molecule has 0 fully saturated rings. The maximum atomic E-state index is 13.3. The Hall–Kier alpha value is -3.16. The molecule has 3 heterocycles. The van der Waals surface area contributed by atoms with Crippen LogP contribution in [-0.2, 0) is 13.0 Å². The Morgan fingerprint density at radius 2 is 1.82 bits per heavy atom. The fourth-order valence-corrected chi connectivity index (χ4v) is 3.35. The van der Waals surface area contributed by atoms with Gasteiger partial charge in [-0.15, -0.1) is 10.2 Å². The second-order valence-corrected chi connectivity index (χ2v) is 6.74. The predicted molar refractivity (Wildman–Crippen MR) is 105 cm³/mol. The van der Waals surface area contributed by atoms with Gasteiger partial charge in [0.05, 0.1) is 11.3 Å². The van der Waals surface area contributed by atoms with E-state index < -0.39 is 0 Å². The molecule has 0 atom stereocenters. The van der Waals surface area contributed by atoms with Crippen molar-refractivity contribution in [2.45, 2.75) is 46.1 Å². The van der Waals surface area contributed by atoms with Crippen LogP contribution in [-0.4, -0.2) is 29.4 Å². The summed E-state index contributed by atoms with van der Waals surface area (Å²) in [5, 5.41) is 13.1. The maximum Gasteiger partial charge on any atom is 0.283 e. The molecule has 4 aromatic rings. The number of nitrogens with zero attached hydrogens (tertiary/aromatic N) is 6. The first kappa shape index (κ1) is 18.2. The zero-order valence-electron chi connectivity index (χ0n) is 15.9. The Morgan fingerprint density at radius 1 is 1.04 bits per heavy atom. The zero-order chi connectivity index (χ0) is 19.7. The van der Waals surface area contributed by atoms with Gasteiger partial charge in [0, 0.05) is 6.54 Å². The van der Waals surface area contributed by atoms with Gasteiger partial charge < -0.3 is 0 Å². The number of halogens is 1. The van der Waals surface area contributed by atoms with Crippen LogP contribution in [0, 0.1) is 5.82 Å². The molecule has 0 aliphatic rings. The third-order valence-corrected chi connectivity index (χ3v) is 4.84. The lowest BCUT2D eigenvalue weighted by Crippen LogP contribution is -2.23. The van der Waals surface area contributed by atoms with Gasteiger partial charge >= 0.3 is 0 Å². The first-order chi connectivity index (χ1) is 13.6. The Bertz CT molecular complexity index is 1200. The van der Waals surface area contributed by atoms with Crippen molar-refractivity contribution in [3.05, 3.63) is 52.5 Å². The molecule has 0 amide bonds. The Balaban J connectivity index is 1.90. The molecule has 0 spiro atoms. The van der Waals surface area contributed by atoms with Crippen molar-refractivity contribution in [2.24, 2.45) is 0 Å². The summed E-state index contributed by atoms with van der Waals surface area (Å²) in [6.07, 6.45) is 5.25. The smallest absolute Gasteiger partial charge is 0.283 e. The molecule has 0 saturated heterocycles. The summed E-state index contributed by atoms with van der Waals surface area (Å²) in [6.45, 7) is 4.71. The lowest BCUT2D eigenvalue weighted by atomic mass is 10.0. The molecule has 3 aromatic heterocycles. The number of hydrogen-bond acceptors (Lipinski definition) is 5. The van der Waals surface area contributed by atoms with Crippen molar-refractivity contribution in [2.75, 3.05) is 0 Å². The Labute approximate surface area is 160 Å². The molecular weight excluding hydrogens is 359 g/mol. The molecule has 0 saturated carbocycles. The fourth-order valence-electron chi connectivity index (χ4n) is 3.35. The minimum absolute atomic E-state index is 0.197. The van der Waals surface area contributed by atoms with Gasteiger partial charge in [0.1, 0.15) is 12.1 Å². The van der Waals surface area contributed by atoms with E-state index in [-0.39, 0.29) is 16.9 Å². The van der Waals surface area contributed by atoms with Gasteiger partial charge in [0.25, 0.3) is 5.56 Å². The number of unbranched alkanes of at least 4 members (excludes halogenated alkanes) is 2. The number of hydrogen-bond donors (Lipinski definition) is 0. The molecule has 0 aliphatic heterocycles. The van der Waals surface area contributed by atoms with Gasteiger partial charge in [-0.2, -0.15) is 9.61 Å². The van der Waals surface area contributed by atoms with E-state index in [1.54, 1.807) is 27.5 Å². The Morgan fingerprint density at radius 3 is 2.54 bits per heavy atom. The van der Waals surface area contributed by atoms with Crippen LogP contribution in [0.2, 0.25) is 0 Å².